The first kappa shape index (κ1) is 25.1. The standard InChI is InChI=1S/C40H27N3S/c1-2-12-26(13-3-1)37-39-38(33-20-6-9-23-36(33)44-39)42-40(41-37)29-16-10-14-27(24-29)28-15-11-17-30(25-28)43-34-21-7-4-18-31(34)32-19-5-8-22-35(32)43/h1-25,40,42H. The van der Waals surface area contributed by atoms with E-state index in [1.165, 1.54) is 53.6 Å². The van der Waals surface area contributed by atoms with E-state index in [-0.39, 0.29) is 6.17 Å². The van der Waals surface area contributed by atoms with Crippen molar-refractivity contribution in [1.82, 2.24) is 4.57 Å². The van der Waals surface area contributed by atoms with Crippen LogP contribution in [0.4, 0.5) is 5.69 Å². The summed E-state index contributed by atoms with van der Waals surface area (Å²) >= 11 is 1.81. The zero-order valence-electron chi connectivity index (χ0n) is 23.8. The summed E-state index contributed by atoms with van der Waals surface area (Å²) < 4.78 is 3.64. The quantitative estimate of drug-likeness (QED) is 0.220. The lowest BCUT2D eigenvalue weighted by Gasteiger charge is -2.24. The van der Waals surface area contributed by atoms with E-state index in [0.29, 0.717) is 0 Å². The van der Waals surface area contributed by atoms with Crippen molar-refractivity contribution in [3.63, 3.8) is 0 Å². The summed E-state index contributed by atoms with van der Waals surface area (Å²) in [6, 6.07) is 54.2. The Hall–Kier alpha value is -5.45. The van der Waals surface area contributed by atoms with Crippen LogP contribution in [0.5, 0.6) is 0 Å². The van der Waals surface area contributed by atoms with Crippen molar-refractivity contribution in [3.8, 4) is 16.8 Å². The van der Waals surface area contributed by atoms with Gasteiger partial charge in [0.05, 0.1) is 27.3 Å². The lowest BCUT2D eigenvalue weighted by molar-refractivity contribution is 0.833. The topological polar surface area (TPSA) is 29.3 Å². The molecule has 208 valence electrons. The molecule has 44 heavy (non-hydrogen) atoms. The Morgan fingerprint density at radius 1 is 0.545 bits per heavy atom. The first-order valence-electron chi connectivity index (χ1n) is 14.9. The van der Waals surface area contributed by atoms with Gasteiger partial charge >= 0.3 is 0 Å². The van der Waals surface area contributed by atoms with Gasteiger partial charge in [0.15, 0.2) is 0 Å². The number of hydrogen-bond donors (Lipinski definition) is 1. The van der Waals surface area contributed by atoms with Gasteiger partial charge in [-0.15, -0.1) is 11.3 Å². The highest BCUT2D eigenvalue weighted by Crippen LogP contribution is 2.43. The fourth-order valence-corrected chi connectivity index (χ4v) is 7.77. The van der Waals surface area contributed by atoms with Crippen LogP contribution in [0.15, 0.2) is 157 Å². The van der Waals surface area contributed by atoms with Crippen LogP contribution in [0.25, 0.3) is 48.7 Å². The number of hydrogen-bond acceptors (Lipinski definition) is 3. The fraction of sp³-hybridized carbons (Fsp3) is 0.0250. The number of nitrogens with one attached hydrogen (secondary N) is 1. The summed E-state index contributed by atoms with van der Waals surface area (Å²) in [7, 11) is 0. The molecule has 0 saturated heterocycles. The molecule has 0 amide bonds. The second-order valence-corrected chi connectivity index (χ2v) is 12.3. The molecule has 1 aliphatic heterocycles. The SMILES string of the molecule is c1ccc(C2=NC(c3cccc(-c4cccc(-n5c6ccccc6c6ccccc65)c4)c3)Nc3c2sc2ccccc32)cc1. The molecule has 8 aromatic rings. The zero-order chi connectivity index (χ0) is 29.0. The minimum atomic E-state index is -0.198. The summed E-state index contributed by atoms with van der Waals surface area (Å²) in [5.74, 6) is 0. The normalized spacial score (nSPS) is 14.5. The van der Waals surface area contributed by atoms with E-state index in [0.717, 1.165) is 22.5 Å². The predicted octanol–water partition coefficient (Wildman–Crippen LogP) is 10.6. The van der Waals surface area contributed by atoms with Gasteiger partial charge < -0.3 is 9.88 Å². The van der Waals surface area contributed by atoms with Crippen molar-refractivity contribution in [2.45, 2.75) is 6.17 Å². The molecule has 0 fully saturated rings. The Morgan fingerprint density at radius 3 is 1.93 bits per heavy atom. The molecule has 0 aliphatic carbocycles. The largest absolute Gasteiger partial charge is 0.358 e. The van der Waals surface area contributed by atoms with Crippen molar-refractivity contribution in [3.05, 3.63) is 168 Å². The zero-order valence-corrected chi connectivity index (χ0v) is 24.6. The van der Waals surface area contributed by atoms with E-state index in [2.05, 4.69) is 162 Å². The van der Waals surface area contributed by atoms with Crippen LogP contribution in [0.3, 0.4) is 0 Å². The number of thiophene rings is 1. The van der Waals surface area contributed by atoms with E-state index in [1.54, 1.807) is 11.3 Å². The number of anilines is 1. The molecule has 6 aromatic carbocycles. The number of aliphatic imine (C=N–C) groups is 1. The maximum absolute atomic E-state index is 5.33. The maximum Gasteiger partial charge on any atom is 0.145 e. The van der Waals surface area contributed by atoms with Gasteiger partial charge in [-0.25, -0.2) is 0 Å². The molecule has 3 heterocycles. The van der Waals surface area contributed by atoms with Gasteiger partial charge in [0.25, 0.3) is 0 Å². The average molecular weight is 582 g/mol. The van der Waals surface area contributed by atoms with Crippen molar-refractivity contribution in [1.29, 1.82) is 0 Å². The highest BCUT2D eigenvalue weighted by Gasteiger charge is 2.26. The summed E-state index contributed by atoms with van der Waals surface area (Å²) in [5.41, 5.74) is 10.4. The molecular formula is C40H27N3S. The van der Waals surface area contributed by atoms with Crippen LogP contribution < -0.4 is 5.32 Å². The Balaban J connectivity index is 1.15. The van der Waals surface area contributed by atoms with E-state index in [9.17, 15) is 0 Å². The van der Waals surface area contributed by atoms with E-state index >= 15 is 0 Å². The van der Waals surface area contributed by atoms with Gasteiger partial charge in [-0.1, -0.05) is 115 Å². The number of para-hydroxylation sites is 2. The van der Waals surface area contributed by atoms with E-state index < -0.39 is 0 Å². The first-order valence-corrected chi connectivity index (χ1v) is 15.7. The van der Waals surface area contributed by atoms with Gasteiger partial charge in [-0.05, 0) is 53.1 Å². The summed E-state index contributed by atoms with van der Waals surface area (Å²) in [6.45, 7) is 0. The molecule has 9 rings (SSSR count). The van der Waals surface area contributed by atoms with Crippen molar-refractivity contribution in [2.75, 3.05) is 5.32 Å². The predicted molar refractivity (Wildman–Crippen MR) is 186 cm³/mol. The molecule has 0 bridgehead atoms. The van der Waals surface area contributed by atoms with Crippen molar-refractivity contribution in [2.24, 2.45) is 4.99 Å². The molecule has 1 N–H and O–H groups in total. The highest BCUT2D eigenvalue weighted by atomic mass is 32.1. The molecule has 0 spiro atoms. The number of aromatic nitrogens is 1. The summed E-state index contributed by atoms with van der Waals surface area (Å²) in [5, 5.41) is 7.59. The van der Waals surface area contributed by atoms with E-state index in [4.69, 9.17) is 4.99 Å². The van der Waals surface area contributed by atoms with Gasteiger partial charge in [0, 0.05) is 32.1 Å². The first-order chi connectivity index (χ1) is 21.8. The Morgan fingerprint density at radius 2 is 1.16 bits per heavy atom. The number of fused-ring (bicyclic) bond motifs is 6. The van der Waals surface area contributed by atoms with E-state index in [1.807, 2.05) is 0 Å². The molecule has 1 aliphatic rings. The van der Waals surface area contributed by atoms with Crippen LogP contribution in [0.1, 0.15) is 22.2 Å². The summed E-state index contributed by atoms with van der Waals surface area (Å²) in [6.07, 6.45) is -0.198. The highest BCUT2D eigenvalue weighted by molar-refractivity contribution is 7.22. The van der Waals surface area contributed by atoms with Crippen LogP contribution in [-0.2, 0) is 0 Å². The smallest absolute Gasteiger partial charge is 0.145 e. The molecule has 3 nitrogen and oxygen atoms in total. The average Bonchev–Trinajstić information content (AvgIpc) is 3.64. The molecule has 2 aromatic heterocycles. The number of rotatable bonds is 4. The number of nitrogens with zero attached hydrogens (tertiary/aromatic N) is 2. The van der Waals surface area contributed by atoms with Crippen molar-refractivity contribution >= 4 is 54.6 Å². The van der Waals surface area contributed by atoms with Crippen LogP contribution in [0, 0.1) is 0 Å². The lowest BCUT2D eigenvalue weighted by atomic mass is 9.99. The minimum absolute atomic E-state index is 0.198. The van der Waals surface area contributed by atoms with Crippen LogP contribution in [-0.4, -0.2) is 10.3 Å². The molecule has 0 radical (unpaired) electrons. The van der Waals surface area contributed by atoms with Gasteiger partial charge in [0.1, 0.15) is 6.17 Å². The van der Waals surface area contributed by atoms with Gasteiger partial charge in [0.2, 0.25) is 0 Å². The third kappa shape index (κ3) is 3.99. The van der Waals surface area contributed by atoms with Crippen LogP contribution >= 0.6 is 11.3 Å². The minimum Gasteiger partial charge on any atom is -0.358 e. The second-order valence-electron chi connectivity index (χ2n) is 11.2. The molecule has 1 atom stereocenters. The van der Waals surface area contributed by atoms with Gasteiger partial charge in [-0.3, -0.25) is 4.99 Å². The van der Waals surface area contributed by atoms with Gasteiger partial charge in [-0.2, -0.15) is 0 Å². The second kappa shape index (κ2) is 10.1. The summed E-state index contributed by atoms with van der Waals surface area (Å²) in [4.78, 5) is 6.53. The molecule has 0 saturated carbocycles. The maximum atomic E-state index is 5.33. The molecule has 1 unspecified atom stereocenters. The van der Waals surface area contributed by atoms with Crippen molar-refractivity contribution < 1.29 is 0 Å². The Kier molecular flexibility index (Phi) is 5.75. The third-order valence-electron chi connectivity index (χ3n) is 8.62. The molecular weight excluding hydrogens is 555 g/mol. The Labute approximate surface area is 259 Å². The molecule has 4 heteroatoms. The van der Waals surface area contributed by atoms with Crippen LogP contribution in [0.2, 0.25) is 0 Å². The fourth-order valence-electron chi connectivity index (χ4n) is 6.59. The number of benzene rings is 6. The Bertz CT molecular complexity index is 2320. The monoisotopic (exact) mass is 581 g/mol. The third-order valence-corrected chi connectivity index (χ3v) is 9.79. The lowest BCUT2D eigenvalue weighted by Crippen LogP contribution is -2.19.